The molecule has 1 aliphatic heterocycles. The number of carbonyl (C=O) groups is 1. The summed E-state index contributed by atoms with van der Waals surface area (Å²) in [6.45, 7) is 2.13. The molecule has 0 bridgehead atoms. The average molecular weight is 399 g/mol. The van der Waals surface area contributed by atoms with Gasteiger partial charge in [0, 0.05) is 35.6 Å². The number of non-ortho nitro benzene ring substituents is 1. The zero-order valence-corrected chi connectivity index (χ0v) is 16.4. The molecule has 28 heavy (non-hydrogen) atoms. The number of nitrogens with zero attached hydrogens (tertiary/aromatic N) is 4. The van der Waals surface area contributed by atoms with Gasteiger partial charge in [-0.2, -0.15) is 4.98 Å². The van der Waals surface area contributed by atoms with Gasteiger partial charge in [0.25, 0.3) is 5.69 Å². The first kappa shape index (κ1) is 18.7. The van der Waals surface area contributed by atoms with Gasteiger partial charge in [0.2, 0.25) is 11.1 Å². The van der Waals surface area contributed by atoms with Crippen LogP contribution in [-0.4, -0.2) is 31.2 Å². The van der Waals surface area contributed by atoms with Crippen molar-refractivity contribution in [3.8, 4) is 0 Å². The third kappa shape index (κ3) is 3.42. The summed E-state index contributed by atoms with van der Waals surface area (Å²) >= 11 is 1.58. The van der Waals surface area contributed by atoms with Crippen molar-refractivity contribution in [2.75, 3.05) is 11.1 Å². The number of nitrogens with one attached hydrogen (secondary N) is 1. The summed E-state index contributed by atoms with van der Waals surface area (Å²) in [4.78, 5) is 28.2. The Bertz CT molecular complexity index is 968. The van der Waals surface area contributed by atoms with E-state index in [1.807, 2.05) is 6.07 Å². The lowest BCUT2D eigenvalue weighted by Crippen LogP contribution is -2.31. The minimum Gasteiger partial charge on any atom is -0.328 e. The number of hydrogen-bond acceptors (Lipinski definition) is 7. The number of nitro groups is 1. The lowest BCUT2D eigenvalue weighted by molar-refractivity contribution is -0.384. The topological polar surface area (TPSA) is 103 Å². The van der Waals surface area contributed by atoms with E-state index in [2.05, 4.69) is 22.3 Å². The lowest BCUT2D eigenvalue weighted by atomic mass is 9.85. The molecular weight excluding hydrogens is 378 g/mol. The first-order valence-electron chi connectivity index (χ1n) is 9.45. The van der Waals surface area contributed by atoms with Gasteiger partial charge in [-0.3, -0.25) is 14.9 Å². The largest absolute Gasteiger partial charge is 0.328 e. The van der Waals surface area contributed by atoms with Crippen LogP contribution >= 0.6 is 11.8 Å². The highest BCUT2D eigenvalue weighted by Gasteiger charge is 2.37. The van der Waals surface area contributed by atoms with Crippen LogP contribution in [0.1, 0.15) is 50.6 Å². The number of carbonyl (C=O) groups excluding carboxylic acids is 1. The Morgan fingerprint density at radius 2 is 2.25 bits per heavy atom. The van der Waals surface area contributed by atoms with Crippen molar-refractivity contribution >= 4 is 29.2 Å². The molecule has 2 aromatic rings. The number of nitro benzene ring substituents is 1. The van der Waals surface area contributed by atoms with Gasteiger partial charge in [0.1, 0.15) is 6.04 Å². The maximum atomic E-state index is 12.8. The molecule has 0 spiro atoms. The molecular formula is C19H21N5O3S. The van der Waals surface area contributed by atoms with Crippen molar-refractivity contribution in [3.63, 3.8) is 0 Å². The van der Waals surface area contributed by atoms with E-state index in [1.165, 1.54) is 12.1 Å². The summed E-state index contributed by atoms with van der Waals surface area (Å²) in [5, 5.41) is 19.8. The van der Waals surface area contributed by atoms with E-state index in [4.69, 9.17) is 0 Å². The summed E-state index contributed by atoms with van der Waals surface area (Å²) in [6, 6.07) is 5.95. The van der Waals surface area contributed by atoms with Crippen molar-refractivity contribution in [2.45, 2.75) is 50.2 Å². The number of allylic oxidation sites excluding steroid dienone is 2. The molecule has 8 nitrogen and oxygen atoms in total. The molecule has 9 heteroatoms. The predicted molar refractivity (Wildman–Crippen MR) is 106 cm³/mol. The van der Waals surface area contributed by atoms with Gasteiger partial charge in [-0.15, -0.1) is 5.10 Å². The fourth-order valence-electron chi connectivity index (χ4n) is 3.62. The highest BCUT2D eigenvalue weighted by atomic mass is 32.2. The van der Waals surface area contributed by atoms with E-state index in [0.717, 1.165) is 37.1 Å². The molecule has 0 saturated heterocycles. The second kappa shape index (κ2) is 7.75. The van der Waals surface area contributed by atoms with Gasteiger partial charge in [0.15, 0.2) is 5.78 Å². The number of unbranched alkanes of at least 4 members (excludes halogenated alkanes) is 1. The number of benzene rings is 1. The van der Waals surface area contributed by atoms with E-state index < -0.39 is 11.0 Å². The number of ketones is 1. The van der Waals surface area contributed by atoms with Crippen LogP contribution in [0.4, 0.5) is 11.6 Å². The monoisotopic (exact) mass is 399 g/mol. The molecule has 0 amide bonds. The van der Waals surface area contributed by atoms with Crippen LogP contribution in [0, 0.1) is 10.1 Å². The molecule has 146 valence electrons. The van der Waals surface area contributed by atoms with Crippen LogP contribution in [-0.2, 0) is 4.79 Å². The molecule has 1 aliphatic carbocycles. The van der Waals surface area contributed by atoms with E-state index in [9.17, 15) is 14.9 Å². The highest BCUT2D eigenvalue weighted by Crippen LogP contribution is 2.41. The van der Waals surface area contributed by atoms with Crippen molar-refractivity contribution in [1.29, 1.82) is 0 Å². The molecule has 4 rings (SSSR count). The normalized spacial score (nSPS) is 18.5. The van der Waals surface area contributed by atoms with Crippen LogP contribution in [0.15, 0.2) is 40.7 Å². The molecule has 0 saturated carbocycles. The number of fused-ring (bicyclic) bond motifs is 1. The van der Waals surface area contributed by atoms with Crippen molar-refractivity contribution in [3.05, 3.63) is 51.2 Å². The standard InChI is InChI=1S/C19H21N5O3S/c1-2-3-10-28-19-21-18-20-14-8-5-9-15(25)16(14)17(23(18)22-19)12-6-4-7-13(11-12)24(26)27/h4,6-7,11,17H,2-3,5,8-10H2,1H3,(H,20,21,22)/t17-/m1/s1. The van der Waals surface area contributed by atoms with Crippen LogP contribution in [0.3, 0.4) is 0 Å². The van der Waals surface area contributed by atoms with E-state index in [0.29, 0.717) is 28.7 Å². The number of hydrogen-bond donors (Lipinski definition) is 1. The third-order valence-electron chi connectivity index (χ3n) is 4.97. The van der Waals surface area contributed by atoms with Gasteiger partial charge >= 0.3 is 0 Å². The van der Waals surface area contributed by atoms with Gasteiger partial charge in [-0.05, 0) is 24.8 Å². The Morgan fingerprint density at radius 3 is 3.04 bits per heavy atom. The van der Waals surface area contributed by atoms with Crippen molar-refractivity contribution < 1.29 is 9.72 Å². The number of Topliss-reactive ketones (excluding diaryl/α,β-unsaturated/α-hetero) is 1. The number of rotatable bonds is 6. The minimum atomic E-state index is -0.494. The Morgan fingerprint density at radius 1 is 1.39 bits per heavy atom. The fraction of sp³-hybridized carbons (Fsp3) is 0.421. The molecule has 0 fully saturated rings. The molecule has 2 heterocycles. The molecule has 0 unspecified atom stereocenters. The second-order valence-electron chi connectivity index (χ2n) is 6.91. The molecule has 1 aromatic carbocycles. The number of aromatic nitrogens is 3. The summed E-state index contributed by atoms with van der Waals surface area (Å²) in [5.74, 6) is 1.57. The lowest BCUT2D eigenvalue weighted by Gasteiger charge is -2.32. The zero-order valence-electron chi connectivity index (χ0n) is 15.6. The van der Waals surface area contributed by atoms with Crippen LogP contribution < -0.4 is 5.32 Å². The van der Waals surface area contributed by atoms with Crippen LogP contribution in [0.5, 0.6) is 0 Å². The summed E-state index contributed by atoms with van der Waals surface area (Å²) in [6.07, 6.45) is 4.20. The predicted octanol–water partition coefficient (Wildman–Crippen LogP) is 4.10. The van der Waals surface area contributed by atoms with Gasteiger partial charge < -0.3 is 5.32 Å². The van der Waals surface area contributed by atoms with Crippen molar-refractivity contribution in [2.24, 2.45) is 0 Å². The molecule has 2 aliphatic rings. The number of anilines is 1. The first-order valence-corrected chi connectivity index (χ1v) is 10.4. The van der Waals surface area contributed by atoms with Gasteiger partial charge in [0.05, 0.1) is 4.92 Å². The Hall–Kier alpha value is -2.68. The zero-order chi connectivity index (χ0) is 19.7. The van der Waals surface area contributed by atoms with Gasteiger partial charge in [-0.1, -0.05) is 37.2 Å². The molecule has 1 aromatic heterocycles. The fourth-order valence-corrected chi connectivity index (χ4v) is 4.53. The maximum absolute atomic E-state index is 12.8. The first-order chi connectivity index (χ1) is 13.6. The minimum absolute atomic E-state index is 0.000602. The summed E-state index contributed by atoms with van der Waals surface area (Å²) in [7, 11) is 0. The summed E-state index contributed by atoms with van der Waals surface area (Å²) in [5.41, 5.74) is 2.18. The molecule has 0 radical (unpaired) electrons. The Labute approximate surface area is 166 Å². The Kier molecular flexibility index (Phi) is 5.17. The van der Waals surface area contributed by atoms with Crippen LogP contribution in [0.2, 0.25) is 0 Å². The number of thioether (sulfide) groups is 1. The maximum Gasteiger partial charge on any atom is 0.269 e. The van der Waals surface area contributed by atoms with E-state index >= 15 is 0 Å². The summed E-state index contributed by atoms with van der Waals surface area (Å²) < 4.78 is 1.70. The highest BCUT2D eigenvalue weighted by molar-refractivity contribution is 7.99. The third-order valence-corrected chi connectivity index (χ3v) is 5.90. The van der Waals surface area contributed by atoms with E-state index in [1.54, 1.807) is 22.5 Å². The van der Waals surface area contributed by atoms with E-state index in [-0.39, 0.29) is 11.5 Å². The smallest absolute Gasteiger partial charge is 0.269 e. The second-order valence-corrected chi connectivity index (χ2v) is 7.98. The molecule has 1 atom stereocenters. The van der Waals surface area contributed by atoms with Crippen molar-refractivity contribution in [1.82, 2.24) is 14.8 Å². The average Bonchev–Trinajstić information content (AvgIpc) is 3.09. The Balaban J connectivity index is 1.79. The quantitative estimate of drug-likeness (QED) is 0.337. The van der Waals surface area contributed by atoms with Gasteiger partial charge in [-0.25, -0.2) is 4.68 Å². The SMILES string of the molecule is CCCCSc1nc2n(n1)[C@H](c1cccc([N+](=O)[O-])c1)C1=C(CCCC1=O)N2. The molecule has 1 N–H and O–H groups in total. The van der Waals surface area contributed by atoms with Crippen LogP contribution in [0.25, 0.3) is 0 Å².